The summed E-state index contributed by atoms with van der Waals surface area (Å²) in [4.78, 5) is 46.9. The predicted octanol–water partition coefficient (Wildman–Crippen LogP) is 3.04. The number of benzene rings is 1. The monoisotopic (exact) mass is 543 g/mol. The van der Waals surface area contributed by atoms with Crippen LogP contribution in [0.25, 0.3) is 0 Å². The fraction of sp³-hybridized carbons (Fsp3) is 0.565. The molecule has 0 aliphatic rings. The van der Waals surface area contributed by atoms with Gasteiger partial charge in [0.15, 0.2) is 0 Å². The number of halogens is 1. The molecule has 0 aliphatic heterocycles. The number of urea groups is 1. The molecule has 10 nitrogen and oxygen atoms in total. The highest BCUT2D eigenvalue weighted by Gasteiger charge is 2.28. The average Bonchev–Trinajstić information content (AvgIpc) is 2.72. The first-order chi connectivity index (χ1) is 15.9. The number of unbranched alkanes of at least 4 members (excludes halogenated alkanes) is 1. The first-order valence-electron chi connectivity index (χ1n) is 11.1. The summed E-state index contributed by atoms with van der Waals surface area (Å²) in [7, 11) is 0. The molecule has 0 bridgehead atoms. The Morgan fingerprint density at radius 3 is 2.15 bits per heavy atom. The van der Waals surface area contributed by atoms with Crippen molar-refractivity contribution in [3.63, 3.8) is 0 Å². The van der Waals surface area contributed by atoms with E-state index in [2.05, 4.69) is 31.9 Å². The molecule has 1 aromatic rings. The van der Waals surface area contributed by atoms with Gasteiger partial charge in [0.05, 0.1) is 0 Å². The van der Waals surface area contributed by atoms with Crippen molar-refractivity contribution in [3.05, 3.63) is 34.3 Å². The fourth-order valence-corrected chi connectivity index (χ4v) is 3.20. The van der Waals surface area contributed by atoms with Crippen LogP contribution >= 0.6 is 15.9 Å². The molecule has 5 N–H and O–H groups in total. The summed E-state index contributed by atoms with van der Waals surface area (Å²) < 4.78 is 6.39. The number of esters is 1. The minimum Gasteiger partial charge on any atom is -0.481 e. The summed E-state index contributed by atoms with van der Waals surface area (Å²) in [5.41, 5.74) is 0.384. The lowest BCUT2D eigenvalue weighted by Crippen LogP contribution is -2.52. The third kappa shape index (κ3) is 13.1. The van der Waals surface area contributed by atoms with Crippen molar-refractivity contribution in [2.75, 3.05) is 6.54 Å². The molecule has 0 unspecified atom stereocenters. The zero-order chi connectivity index (χ0) is 25.7. The van der Waals surface area contributed by atoms with Crippen molar-refractivity contribution in [1.82, 2.24) is 16.0 Å². The van der Waals surface area contributed by atoms with E-state index >= 15 is 0 Å². The summed E-state index contributed by atoms with van der Waals surface area (Å²) in [5, 5.41) is 26.0. The number of aliphatic carboxylic acids is 2. The van der Waals surface area contributed by atoms with E-state index < -0.39 is 48.0 Å². The lowest BCUT2D eigenvalue weighted by molar-refractivity contribution is -0.157. The number of carbonyl (C=O) groups excluding carboxylic acids is 2. The van der Waals surface area contributed by atoms with Crippen molar-refractivity contribution in [2.24, 2.45) is 0 Å². The largest absolute Gasteiger partial charge is 0.481 e. The molecular formula is C23H34BrN3O7. The first-order valence-corrected chi connectivity index (χ1v) is 11.9. The van der Waals surface area contributed by atoms with Gasteiger partial charge in [-0.15, -0.1) is 0 Å². The molecule has 1 aromatic carbocycles. The Morgan fingerprint density at radius 2 is 1.59 bits per heavy atom. The van der Waals surface area contributed by atoms with Gasteiger partial charge in [0.2, 0.25) is 0 Å². The highest BCUT2D eigenvalue weighted by atomic mass is 79.9. The van der Waals surface area contributed by atoms with Crippen LogP contribution in [0.2, 0.25) is 0 Å². The maximum Gasteiger partial charge on any atom is 0.329 e. The standard InChI is InChI=1S/C23H34BrN3O7/c1-23(2,3)34-21(32)18(27-22(33)26-17(20(30)31)11-12-19(28)29)6-4-5-13-25-14-15-7-9-16(24)10-8-15/h7-10,17-18,25H,4-6,11-14H2,1-3H3,(H,28,29)(H,30,31)(H2,26,27,33)/t17-,18-/m0/s1. The molecule has 11 heteroatoms. The molecule has 2 amide bonds. The quantitative estimate of drug-likeness (QED) is 0.177. The maximum absolute atomic E-state index is 12.6. The summed E-state index contributed by atoms with van der Waals surface area (Å²) in [6.07, 6.45) is 0.961. The van der Waals surface area contributed by atoms with E-state index in [9.17, 15) is 24.3 Å². The number of hydrogen-bond acceptors (Lipinski definition) is 6. The van der Waals surface area contributed by atoms with Crippen LogP contribution in [0.15, 0.2) is 28.7 Å². The van der Waals surface area contributed by atoms with Gasteiger partial charge in [-0.25, -0.2) is 14.4 Å². The topological polar surface area (TPSA) is 154 Å². The van der Waals surface area contributed by atoms with Gasteiger partial charge in [0, 0.05) is 17.4 Å². The molecule has 2 atom stereocenters. The molecule has 0 fully saturated rings. The number of carbonyl (C=O) groups is 4. The lowest BCUT2D eigenvalue weighted by atomic mass is 10.1. The van der Waals surface area contributed by atoms with Gasteiger partial charge in [-0.1, -0.05) is 28.1 Å². The normalized spacial score (nSPS) is 12.9. The molecule has 0 aliphatic carbocycles. The van der Waals surface area contributed by atoms with Crippen LogP contribution in [0.5, 0.6) is 0 Å². The molecular weight excluding hydrogens is 510 g/mol. The highest BCUT2D eigenvalue weighted by Crippen LogP contribution is 2.12. The van der Waals surface area contributed by atoms with Crippen molar-refractivity contribution in [2.45, 2.75) is 77.1 Å². The Labute approximate surface area is 208 Å². The van der Waals surface area contributed by atoms with Crippen LogP contribution in [-0.2, 0) is 25.7 Å². The van der Waals surface area contributed by atoms with Gasteiger partial charge < -0.3 is 30.9 Å². The van der Waals surface area contributed by atoms with Crippen LogP contribution in [0.1, 0.15) is 58.4 Å². The molecule has 0 saturated carbocycles. The van der Waals surface area contributed by atoms with E-state index in [1.54, 1.807) is 20.8 Å². The molecule has 190 valence electrons. The summed E-state index contributed by atoms with van der Waals surface area (Å²) in [6.45, 7) is 6.54. The third-order valence-electron chi connectivity index (χ3n) is 4.59. The van der Waals surface area contributed by atoms with Crippen LogP contribution in [0.4, 0.5) is 4.79 Å². The van der Waals surface area contributed by atoms with Gasteiger partial charge in [-0.05, 0) is 70.7 Å². The second-order valence-electron chi connectivity index (χ2n) is 8.83. The SMILES string of the molecule is CC(C)(C)OC(=O)[C@H](CCCCNCc1ccc(Br)cc1)NC(=O)N[C@@H](CCC(=O)O)C(=O)O. The highest BCUT2D eigenvalue weighted by molar-refractivity contribution is 9.10. The van der Waals surface area contributed by atoms with Gasteiger partial charge in [-0.2, -0.15) is 0 Å². The number of nitrogens with one attached hydrogen (secondary N) is 3. The zero-order valence-corrected chi connectivity index (χ0v) is 21.3. The summed E-state index contributed by atoms with van der Waals surface area (Å²) in [5.74, 6) is -3.15. The number of ether oxygens (including phenoxy) is 1. The number of carboxylic acids is 2. The molecule has 1 rings (SSSR count). The number of rotatable bonds is 14. The number of hydrogen-bond donors (Lipinski definition) is 5. The van der Waals surface area contributed by atoms with E-state index in [1.165, 1.54) is 0 Å². The average molecular weight is 544 g/mol. The summed E-state index contributed by atoms with van der Waals surface area (Å²) >= 11 is 3.40. The smallest absolute Gasteiger partial charge is 0.329 e. The minimum atomic E-state index is -1.39. The van der Waals surface area contributed by atoms with E-state index in [-0.39, 0.29) is 6.42 Å². The molecule has 0 heterocycles. The summed E-state index contributed by atoms with van der Waals surface area (Å²) in [6, 6.07) is 4.73. The van der Waals surface area contributed by atoms with Crippen molar-refractivity contribution >= 4 is 39.9 Å². The number of amides is 2. The molecule has 0 spiro atoms. The van der Waals surface area contributed by atoms with Crippen molar-refractivity contribution in [1.29, 1.82) is 0 Å². The Bertz CT molecular complexity index is 825. The zero-order valence-electron chi connectivity index (χ0n) is 19.7. The lowest BCUT2D eigenvalue weighted by Gasteiger charge is -2.25. The Kier molecular flexibility index (Phi) is 12.6. The molecule has 0 radical (unpaired) electrons. The van der Waals surface area contributed by atoms with E-state index in [0.29, 0.717) is 25.9 Å². The van der Waals surface area contributed by atoms with Gasteiger partial charge in [-0.3, -0.25) is 4.79 Å². The van der Waals surface area contributed by atoms with Gasteiger partial charge in [0.1, 0.15) is 17.7 Å². The van der Waals surface area contributed by atoms with Crippen LogP contribution in [-0.4, -0.2) is 58.4 Å². The Morgan fingerprint density at radius 1 is 0.971 bits per heavy atom. The van der Waals surface area contributed by atoms with Gasteiger partial charge >= 0.3 is 23.9 Å². The molecule has 34 heavy (non-hydrogen) atoms. The Hall–Kier alpha value is -2.66. The van der Waals surface area contributed by atoms with Crippen LogP contribution < -0.4 is 16.0 Å². The Balaban J connectivity index is 2.58. The van der Waals surface area contributed by atoms with Crippen molar-refractivity contribution < 1.29 is 34.1 Å². The van der Waals surface area contributed by atoms with Crippen LogP contribution in [0, 0.1) is 0 Å². The van der Waals surface area contributed by atoms with E-state index in [0.717, 1.165) is 16.5 Å². The number of carboxylic acid groups (broad SMARTS) is 2. The minimum absolute atomic E-state index is 0.279. The third-order valence-corrected chi connectivity index (χ3v) is 5.11. The fourth-order valence-electron chi connectivity index (χ4n) is 2.94. The molecule has 0 saturated heterocycles. The predicted molar refractivity (Wildman–Crippen MR) is 129 cm³/mol. The maximum atomic E-state index is 12.6. The van der Waals surface area contributed by atoms with Gasteiger partial charge in [0.25, 0.3) is 0 Å². The first kappa shape index (κ1) is 29.4. The second kappa shape index (κ2) is 14.6. The van der Waals surface area contributed by atoms with Crippen molar-refractivity contribution in [3.8, 4) is 0 Å². The second-order valence-corrected chi connectivity index (χ2v) is 9.74. The van der Waals surface area contributed by atoms with E-state index in [4.69, 9.17) is 9.84 Å². The van der Waals surface area contributed by atoms with E-state index in [1.807, 2.05) is 24.3 Å². The van der Waals surface area contributed by atoms with Crippen LogP contribution in [0.3, 0.4) is 0 Å². The molecule has 0 aromatic heterocycles.